The normalized spacial score (nSPS) is 15.2. The molecule has 1 aromatic rings. The maximum Gasteiger partial charge on any atom is 0.129 e. The van der Waals surface area contributed by atoms with E-state index in [4.69, 9.17) is 10.6 Å². The molecule has 0 amide bonds. The lowest BCUT2D eigenvalue weighted by Gasteiger charge is -2.24. The topological polar surface area (TPSA) is 65.1 Å². The Morgan fingerprint density at radius 3 is 2.80 bits per heavy atom. The molecule has 0 radical (unpaired) electrons. The number of nitrogens with zero attached hydrogens (tertiary/aromatic N) is 2. The van der Waals surface area contributed by atoms with Crippen molar-refractivity contribution >= 4 is 0 Å². The Kier molecular flexibility index (Phi) is 4.74. The summed E-state index contributed by atoms with van der Waals surface area (Å²) in [7, 11) is 3.65. The molecule has 2 unspecified atom stereocenters. The van der Waals surface area contributed by atoms with E-state index in [1.165, 1.54) is 0 Å². The van der Waals surface area contributed by atoms with Crippen LogP contribution in [0.5, 0.6) is 0 Å². The molecule has 0 aliphatic heterocycles. The Hall–Kier alpha value is -0.910. The smallest absolute Gasteiger partial charge is 0.129 e. The Labute approximate surface area is 90.6 Å². The van der Waals surface area contributed by atoms with Crippen LogP contribution in [-0.4, -0.2) is 22.8 Å². The first-order valence-corrected chi connectivity index (χ1v) is 5.20. The average molecular weight is 212 g/mol. The van der Waals surface area contributed by atoms with Gasteiger partial charge < -0.3 is 9.30 Å². The summed E-state index contributed by atoms with van der Waals surface area (Å²) in [5.74, 6) is 6.46. The first-order chi connectivity index (χ1) is 7.24. The molecular weight excluding hydrogens is 192 g/mol. The van der Waals surface area contributed by atoms with Crippen LogP contribution in [0.15, 0.2) is 12.4 Å². The number of nitrogens with one attached hydrogen (secondary N) is 1. The number of methoxy groups -OCH3 is 1. The van der Waals surface area contributed by atoms with Gasteiger partial charge in [-0.3, -0.25) is 5.84 Å². The Bertz CT molecular complexity index is 287. The van der Waals surface area contributed by atoms with Crippen molar-refractivity contribution in [1.29, 1.82) is 0 Å². The summed E-state index contributed by atoms with van der Waals surface area (Å²) < 4.78 is 7.38. The van der Waals surface area contributed by atoms with Gasteiger partial charge in [0.05, 0.1) is 6.10 Å². The Morgan fingerprint density at radius 2 is 2.40 bits per heavy atom. The summed E-state index contributed by atoms with van der Waals surface area (Å²) in [6.07, 6.45) is 5.73. The molecule has 1 heterocycles. The molecule has 0 spiro atoms. The molecule has 3 N–H and O–H groups in total. The number of hydrazine groups is 1. The second-order valence-electron chi connectivity index (χ2n) is 3.60. The van der Waals surface area contributed by atoms with Crippen LogP contribution >= 0.6 is 0 Å². The van der Waals surface area contributed by atoms with E-state index in [2.05, 4.69) is 17.3 Å². The van der Waals surface area contributed by atoms with Gasteiger partial charge in [-0.05, 0) is 6.42 Å². The molecule has 86 valence electrons. The molecule has 1 aromatic heterocycles. The van der Waals surface area contributed by atoms with Crippen LogP contribution in [0.1, 0.15) is 31.6 Å². The van der Waals surface area contributed by atoms with Crippen LogP contribution in [0.25, 0.3) is 0 Å². The number of hydrogen-bond acceptors (Lipinski definition) is 4. The van der Waals surface area contributed by atoms with Crippen molar-refractivity contribution < 1.29 is 4.74 Å². The molecule has 0 aromatic carbocycles. The highest BCUT2D eigenvalue weighted by Gasteiger charge is 2.24. The molecule has 0 saturated carbocycles. The Morgan fingerprint density at radius 1 is 1.67 bits per heavy atom. The summed E-state index contributed by atoms with van der Waals surface area (Å²) in [4.78, 5) is 4.28. The van der Waals surface area contributed by atoms with Gasteiger partial charge in [0.15, 0.2) is 0 Å². The van der Waals surface area contributed by atoms with Gasteiger partial charge in [-0.25, -0.2) is 10.4 Å². The standard InChI is InChI=1S/C10H20N4O/c1-4-5-8(15-3)9(13-11)10-12-6-7-14(10)2/h6-9,13H,4-5,11H2,1-3H3. The molecule has 0 bridgehead atoms. The summed E-state index contributed by atoms with van der Waals surface area (Å²) in [5.41, 5.74) is 2.77. The van der Waals surface area contributed by atoms with Gasteiger partial charge in [-0.15, -0.1) is 0 Å². The first kappa shape index (κ1) is 12.2. The van der Waals surface area contributed by atoms with Gasteiger partial charge in [0, 0.05) is 26.6 Å². The molecule has 0 saturated heterocycles. The number of aryl methyl sites for hydroxylation is 1. The molecule has 0 aliphatic rings. The number of imidazole rings is 1. The van der Waals surface area contributed by atoms with Crippen molar-refractivity contribution in [2.24, 2.45) is 12.9 Å². The molecule has 0 aliphatic carbocycles. The quantitative estimate of drug-likeness (QED) is 0.539. The van der Waals surface area contributed by atoms with E-state index >= 15 is 0 Å². The van der Waals surface area contributed by atoms with Crippen LogP contribution in [0, 0.1) is 0 Å². The molecular formula is C10H20N4O. The number of aromatic nitrogens is 2. The maximum atomic E-state index is 5.56. The number of nitrogens with two attached hydrogens (primary N) is 1. The molecule has 15 heavy (non-hydrogen) atoms. The zero-order valence-electron chi connectivity index (χ0n) is 9.60. The second-order valence-corrected chi connectivity index (χ2v) is 3.60. The van der Waals surface area contributed by atoms with Crippen molar-refractivity contribution in [2.75, 3.05) is 7.11 Å². The van der Waals surface area contributed by atoms with Crippen molar-refractivity contribution in [3.63, 3.8) is 0 Å². The molecule has 2 atom stereocenters. The lowest BCUT2D eigenvalue weighted by molar-refractivity contribution is 0.0571. The van der Waals surface area contributed by atoms with E-state index in [-0.39, 0.29) is 12.1 Å². The van der Waals surface area contributed by atoms with E-state index in [9.17, 15) is 0 Å². The average Bonchev–Trinajstić information content (AvgIpc) is 2.65. The minimum absolute atomic E-state index is 0.0566. The largest absolute Gasteiger partial charge is 0.379 e. The third-order valence-electron chi connectivity index (χ3n) is 2.56. The fraction of sp³-hybridized carbons (Fsp3) is 0.700. The van der Waals surface area contributed by atoms with Gasteiger partial charge in [-0.1, -0.05) is 13.3 Å². The van der Waals surface area contributed by atoms with Crippen LogP contribution < -0.4 is 11.3 Å². The molecule has 1 rings (SSSR count). The summed E-state index contributed by atoms with van der Waals surface area (Å²) >= 11 is 0. The van der Waals surface area contributed by atoms with Crippen molar-refractivity contribution in [3.05, 3.63) is 18.2 Å². The molecule has 0 fully saturated rings. The van der Waals surface area contributed by atoms with Crippen LogP contribution in [-0.2, 0) is 11.8 Å². The van der Waals surface area contributed by atoms with E-state index in [1.807, 2.05) is 17.8 Å². The van der Waals surface area contributed by atoms with Gasteiger partial charge in [-0.2, -0.15) is 0 Å². The molecule has 5 heteroatoms. The van der Waals surface area contributed by atoms with Crippen molar-refractivity contribution in [2.45, 2.75) is 31.9 Å². The Balaban J connectivity index is 2.82. The van der Waals surface area contributed by atoms with Crippen molar-refractivity contribution in [1.82, 2.24) is 15.0 Å². The third kappa shape index (κ3) is 2.77. The van der Waals surface area contributed by atoms with E-state index in [1.54, 1.807) is 13.3 Å². The lowest BCUT2D eigenvalue weighted by atomic mass is 10.1. The summed E-state index contributed by atoms with van der Waals surface area (Å²) in [5, 5.41) is 0. The maximum absolute atomic E-state index is 5.56. The highest BCUT2D eigenvalue weighted by Crippen LogP contribution is 2.19. The lowest BCUT2D eigenvalue weighted by Crippen LogP contribution is -2.39. The highest BCUT2D eigenvalue weighted by atomic mass is 16.5. The van der Waals surface area contributed by atoms with Gasteiger partial charge in [0.1, 0.15) is 11.9 Å². The highest BCUT2D eigenvalue weighted by molar-refractivity contribution is 5.01. The number of ether oxygens (including phenoxy) is 1. The van der Waals surface area contributed by atoms with Gasteiger partial charge in [0.2, 0.25) is 0 Å². The van der Waals surface area contributed by atoms with E-state index in [0.29, 0.717) is 0 Å². The summed E-state index contributed by atoms with van der Waals surface area (Å²) in [6.45, 7) is 2.12. The predicted molar refractivity (Wildman–Crippen MR) is 59.0 cm³/mol. The fourth-order valence-electron chi connectivity index (χ4n) is 1.73. The number of rotatable bonds is 6. The van der Waals surface area contributed by atoms with E-state index in [0.717, 1.165) is 18.7 Å². The van der Waals surface area contributed by atoms with Crippen LogP contribution in [0.2, 0.25) is 0 Å². The summed E-state index contributed by atoms with van der Waals surface area (Å²) in [6, 6.07) is -0.0602. The SMILES string of the molecule is CCCC(OC)C(NN)c1nccn1C. The molecule has 5 nitrogen and oxygen atoms in total. The fourth-order valence-corrected chi connectivity index (χ4v) is 1.73. The van der Waals surface area contributed by atoms with Crippen molar-refractivity contribution in [3.8, 4) is 0 Å². The van der Waals surface area contributed by atoms with Gasteiger partial charge in [0.25, 0.3) is 0 Å². The predicted octanol–water partition coefficient (Wildman–Crippen LogP) is 0.740. The van der Waals surface area contributed by atoms with E-state index < -0.39 is 0 Å². The number of hydrogen-bond donors (Lipinski definition) is 2. The van der Waals surface area contributed by atoms with Crippen LogP contribution in [0.4, 0.5) is 0 Å². The second kappa shape index (κ2) is 5.85. The monoisotopic (exact) mass is 212 g/mol. The zero-order chi connectivity index (χ0) is 11.3. The van der Waals surface area contributed by atoms with Gasteiger partial charge >= 0.3 is 0 Å². The third-order valence-corrected chi connectivity index (χ3v) is 2.56. The zero-order valence-corrected chi connectivity index (χ0v) is 9.60. The minimum Gasteiger partial charge on any atom is -0.379 e. The minimum atomic E-state index is -0.0602. The van der Waals surface area contributed by atoms with Crippen LogP contribution in [0.3, 0.4) is 0 Å². The first-order valence-electron chi connectivity index (χ1n) is 5.20.